The van der Waals surface area contributed by atoms with Gasteiger partial charge in [-0.3, -0.25) is 9.59 Å². The summed E-state index contributed by atoms with van der Waals surface area (Å²) < 4.78 is 0. The van der Waals surface area contributed by atoms with Crippen LogP contribution in [-0.2, 0) is 9.59 Å². The Balaban J connectivity index is 1.89. The standard InChI is InChI=1S/C15H18N2O4/c18-9-7-12(16-8-9)14(19)17-6-5-11(15(20)21)10-3-1-2-4-13(10)17/h1-4,9,11-12,16,18H,5-8H2,(H,20,21). The van der Waals surface area contributed by atoms with Crippen LogP contribution >= 0.6 is 0 Å². The molecule has 3 unspecified atom stereocenters. The van der Waals surface area contributed by atoms with Crippen molar-refractivity contribution >= 4 is 17.6 Å². The van der Waals surface area contributed by atoms with Crippen molar-refractivity contribution < 1.29 is 19.8 Å². The minimum atomic E-state index is -0.857. The SMILES string of the molecule is O=C(O)C1CCN(C(=O)C2CC(O)CN2)c2ccccc21. The molecule has 0 aromatic heterocycles. The average molecular weight is 290 g/mol. The van der Waals surface area contributed by atoms with E-state index in [-0.39, 0.29) is 5.91 Å². The maximum Gasteiger partial charge on any atom is 0.311 e. The first-order valence-corrected chi connectivity index (χ1v) is 7.12. The third kappa shape index (κ3) is 2.52. The molecule has 112 valence electrons. The van der Waals surface area contributed by atoms with Crippen LogP contribution in [0, 0.1) is 0 Å². The van der Waals surface area contributed by atoms with Gasteiger partial charge >= 0.3 is 5.97 Å². The summed E-state index contributed by atoms with van der Waals surface area (Å²) in [5.74, 6) is -1.51. The van der Waals surface area contributed by atoms with Gasteiger partial charge in [0.1, 0.15) is 0 Å². The second-order valence-electron chi connectivity index (χ2n) is 5.58. The molecule has 0 spiro atoms. The molecule has 0 bridgehead atoms. The van der Waals surface area contributed by atoms with Crippen molar-refractivity contribution in [2.75, 3.05) is 18.0 Å². The summed E-state index contributed by atoms with van der Waals surface area (Å²) in [4.78, 5) is 25.6. The van der Waals surface area contributed by atoms with Gasteiger partial charge in [0.2, 0.25) is 5.91 Å². The van der Waals surface area contributed by atoms with Crippen LogP contribution in [0.5, 0.6) is 0 Å². The second-order valence-corrected chi connectivity index (χ2v) is 5.58. The van der Waals surface area contributed by atoms with E-state index in [0.29, 0.717) is 37.2 Å². The van der Waals surface area contributed by atoms with Crippen molar-refractivity contribution in [1.82, 2.24) is 5.32 Å². The molecule has 1 saturated heterocycles. The summed E-state index contributed by atoms with van der Waals surface area (Å²) in [7, 11) is 0. The van der Waals surface area contributed by atoms with E-state index in [0.717, 1.165) is 0 Å². The zero-order valence-corrected chi connectivity index (χ0v) is 11.5. The lowest BCUT2D eigenvalue weighted by Crippen LogP contribution is -2.46. The first-order valence-electron chi connectivity index (χ1n) is 7.12. The highest BCUT2D eigenvalue weighted by molar-refractivity contribution is 5.99. The lowest BCUT2D eigenvalue weighted by atomic mass is 9.89. The number of carboxylic acid groups (broad SMARTS) is 1. The maximum absolute atomic E-state index is 12.6. The highest BCUT2D eigenvalue weighted by Crippen LogP contribution is 2.35. The van der Waals surface area contributed by atoms with Gasteiger partial charge in [0.15, 0.2) is 0 Å². The van der Waals surface area contributed by atoms with Gasteiger partial charge in [-0.25, -0.2) is 0 Å². The van der Waals surface area contributed by atoms with E-state index < -0.39 is 24.0 Å². The van der Waals surface area contributed by atoms with Gasteiger partial charge in [-0.15, -0.1) is 0 Å². The van der Waals surface area contributed by atoms with E-state index in [1.165, 1.54) is 0 Å². The fraction of sp³-hybridized carbons (Fsp3) is 0.467. The van der Waals surface area contributed by atoms with Gasteiger partial charge in [-0.2, -0.15) is 0 Å². The van der Waals surface area contributed by atoms with Crippen molar-refractivity contribution in [1.29, 1.82) is 0 Å². The summed E-state index contributed by atoms with van der Waals surface area (Å²) in [6.45, 7) is 0.810. The number of carboxylic acids is 1. The molecule has 1 aromatic rings. The second kappa shape index (κ2) is 5.46. The van der Waals surface area contributed by atoms with E-state index in [9.17, 15) is 19.8 Å². The Morgan fingerprint density at radius 1 is 1.29 bits per heavy atom. The molecule has 2 heterocycles. The number of nitrogens with one attached hydrogen (secondary N) is 1. The Hall–Kier alpha value is -1.92. The Kier molecular flexibility index (Phi) is 3.65. The minimum absolute atomic E-state index is 0.0946. The summed E-state index contributed by atoms with van der Waals surface area (Å²) in [6.07, 6.45) is 0.318. The van der Waals surface area contributed by atoms with Crippen LogP contribution in [0.25, 0.3) is 0 Å². The van der Waals surface area contributed by atoms with Crippen molar-refractivity contribution in [3.63, 3.8) is 0 Å². The predicted octanol–water partition coefficient (Wildman–Crippen LogP) is 0.314. The largest absolute Gasteiger partial charge is 0.481 e. The van der Waals surface area contributed by atoms with Crippen LogP contribution in [0.2, 0.25) is 0 Å². The van der Waals surface area contributed by atoms with Crippen molar-refractivity contribution in [3.05, 3.63) is 29.8 Å². The lowest BCUT2D eigenvalue weighted by molar-refractivity contribution is -0.139. The zero-order valence-electron chi connectivity index (χ0n) is 11.5. The third-order valence-electron chi connectivity index (χ3n) is 4.21. The number of benzene rings is 1. The number of hydrogen-bond donors (Lipinski definition) is 3. The number of rotatable bonds is 2. The smallest absolute Gasteiger partial charge is 0.311 e. The molecule has 3 rings (SSSR count). The Bertz CT molecular complexity index is 575. The molecular weight excluding hydrogens is 272 g/mol. The lowest BCUT2D eigenvalue weighted by Gasteiger charge is -2.34. The molecule has 2 aliphatic heterocycles. The quantitative estimate of drug-likeness (QED) is 0.729. The highest BCUT2D eigenvalue weighted by atomic mass is 16.4. The van der Waals surface area contributed by atoms with Crippen molar-refractivity contribution in [3.8, 4) is 0 Å². The Morgan fingerprint density at radius 2 is 2.05 bits per heavy atom. The number of nitrogens with zero attached hydrogens (tertiary/aromatic N) is 1. The van der Waals surface area contributed by atoms with Crippen LogP contribution < -0.4 is 10.2 Å². The summed E-state index contributed by atoms with van der Waals surface area (Å²) >= 11 is 0. The highest BCUT2D eigenvalue weighted by Gasteiger charge is 2.37. The number of amides is 1. The predicted molar refractivity (Wildman–Crippen MR) is 76.2 cm³/mol. The zero-order chi connectivity index (χ0) is 15.0. The van der Waals surface area contributed by atoms with Gasteiger partial charge in [0.25, 0.3) is 0 Å². The molecule has 3 atom stereocenters. The molecule has 21 heavy (non-hydrogen) atoms. The number of fused-ring (bicyclic) bond motifs is 1. The maximum atomic E-state index is 12.6. The number of carbonyl (C=O) groups is 2. The molecule has 3 N–H and O–H groups in total. The monoisotopic (exact) mass is 290 g/mol. The van der Waals surface area contributed by atoms with Gasteiger partial charge in [-0.05, 0) is 24.5 Å². The average Bonchev–Trinajstić information content (AvgIpc) is 2.91. The van der Waals surface area contributed by atoms with E-state index in [1.807, 2.05) is 0 Å². The van der Waals surface area contributed by atoms with E-state index in [4.69, 9.17) is 0 Å². The van der Waals surface area contributed by atoms with E-state index in [1.54, 1.807) is 29.2 Å². The van der Waals surface area contributed by atoms with Gasteiger partial charge in [-0.1, -0.05) is 18.2 Å². The molecule has 0 aliphatic carbocycles. The molecule has 1 amide bonds. The number of anilines is 1. The molecule has 0 saturated carbocycles. The Morgan fingerprint density at radius 3 is 2.71 bits per heavy atom. The molecule has 1 fully saturated rings. The molecule has 0 radical (unpaired) electrons. The molecule has 1 aromatic carbocycles. The number of aliphatic carboxylic acids is 1. The number of aliphatic hydroxyl groups excluding tert-OH is 1. The van der Waals surface area contributed by atoms with E-state index in [2.05, 4.69) is 5.32 Å². The van der Waals surface area contributed by atoms with Gasteiger partial charge < -0.3 is 20.4 Å². The summed E-state index contributed by atoms with van der Waals surface area (Å²) in [5.41, 5.74) is 1.35. The molecule has 6 nitrogen and oxygen atoms in total. The summed E-state index contributed by atoms with van der Waals surface area (Å²) in [5, 5.41) is 21.9. The third-order valence-corrected chi connectivity index (χ3v) is 4.21. The summed E-state index contributed by atoms with van der Waals surface area (Å²) in [6, 6.07) is 6.76. The van der Waals surface area contributed by atoms with Crippen LogP contribution in [-0.4, -0.2) is 47.3 Å². The van der Waals surface area contributed by atoms with E-state index >= 15 is 0 Å². The van der Waals surface area contributed by atoms with Crippen LogP contribution in [0.1, 0.15) is 24.3 Å². The van der Waals surface area contributed by atoms with Crippen LogP contribution in [0.4, 0.5) is 5.69 Å². The normalized spacial score (nSPS) is 28.2. The topological polar surface area (TPSA) is 89.9 Å². The molecular formula is C15H18N2O4. The molecule has 2 aliphatic rings. The fourth-order valence-corrected chi connectivity index (χ4v) is 3.14. The first kappa shape index (κ1) is 14.0. The van der Waals surface area contributed by atoms with Gasteiger partial charge in [0, 0.05) is 18.8 Å². The Labute approximate surface area is 122 Å². The minimum Gasteiger partial charge on any atom is -0.481 e. The number of carbonyl (C=O) groups excluding carboxylic acids is 1. The molecule has 6 heteroatoms. The number of para-hydroxylation sites is 1. The van der Waals surface area contributed by atoms with Crippen molar-refractivity contribution in [2.45, 2.75) is 30.9 Å². The number of β-amino-alcohol motifs (C(OH)–C–C–N with tert-alkyl or cyclic N) is 1. The van der Waals surface area contributed by atoms with Gasteiger partial charge in [0.05, 0.1) is 18.1 Å². The van der Waals surface area contributed by atoms with Crippen LogP contribution in [0.3, 0.4) is 0 Å². The number of aliphatic hydroxyl groups is 1. The first-order chi connectivity index (χ1) is 10.1. The fourth-order valence-electron chi connectivity index (χ4n) is 3.14. The van der Waals surface area contributed by atoms with Crippen molar-refractivity contribution in [2.24, 2.45) is 0 Å². The van der Waals surface area contributed by atoms with Crippen LogP contribution in [0.15, 0.2) is 24.3 Å². The number of hydrogen-bond acceptors (Lipinski definition) is 4.